The Kier molecular flexibility index (Phi) is 2.23. The van der Waals surface area contributed by atoms with Gasteiger partial charge in [0.1, 0.15) is 0 Å². The molecule has 0 radical (unpaired) electrons. The van der Waals surface area contributed by atoms with Crippen molar-refractivity contribution in [1.29, 1.82) is 0 Å². The van der Waals surface area contributed by atoms with Crippen LogP contribution >= 0.6 is 0 Å². The van der Waals surface area contributed by atoms with Crippen LogP contribution in [0.25, 0.3) is 0 Å². The minimum Gasteiger partial charge on any atom is -0.633 e. The molecule has 0 amide bonds. The molecule has 0 aliphatic carbocycles. The summed E-state index contributed by atoms with van der Waals surface area (Å²) >= 11 is 0. The Bertz CT molecular complexity index is 135. The van der Waals surface area contributed by atoms with Gasteiger partial charge in [-0.2, -0.15) is 0 Å². The van der Waals surface area contributed by atoms with Crippen molar-refractivity contribution in [2.75, 3.05) is 27.2 Å². The van der Waals surface area contributed by atoms with E-state index in [0.29, 0.717) is 13.1 Å². The van der Waals surface area contributed by atoms with E-state index in [0.717, 1.165) is 12.8 Å². The first kappa shape index (κ1) is 8.97. The van der Waals surface area contributed by atoms with Gasteiger partial charge >= 0.3 is 0 Å². The van der Waals surface area contributed by atoms with Gasteiger partial charge in [0.15, 0.2) is 0 Å². The van der Waals surface area contributed by atoms with Crippen LogP contribution in [0.15, 0.2) is 0 Å². The molecular weight excluding hydrogens is 142 g/mol. The quantitative estimate of drug-likeness (QED) is 0.424. The number of piperidine rings is 1. The van der Waals surface area contributed by atoms with Gasteiger partial charge in [-0.25, -0.2) is 0 Å². The molecule has 0 saturated carbocycles. The topological polar surface area (TPSA) is 32.3 Å². The van der Waals surface area contributed by atoms with E-state index >= 15 is 0 Å². The summed E-state index contributed by atoms with van der Waals surface area (Å²) in [5.41, 5.74) is -0.0395. The highest BCUT2D eigenvalue weighted by Gasteiger charge is 2.33. The van der Waals surface area contributed by atoms with Gasteiger partial charge in [0.2, 0.25) is 0 Å². The van der Waals surface area contributed by atoms with Crippen molar-refractivity contribution < 1.29 is 9.38 Å². The Morgan fingerprint density at radius 3 is 2.18 bits per heavy atom. The van der Waals surface area contributed by atoms with Crippen LogP contribution in [0.5, 0.6) is 0 Å². The number of rotatable bonds is 1. The number of hydrogen-bond acceptors (Lipinski definition) is 2. The molecule has 66 valence electrons. The zero-order valence-electron chi connectivity index (χ0n) is 7.59. The van der Waals surface area contributed by atoms with E-state index in [1.165, 1.54) is 0 Å². The van der Waals surface area contributed by atoms with Crippen molar-refractivity contribution in [2.24, 2.45) is 0 Å². The normalized spacial score (nSPS) is 45.8. The lowest BCUT2D eigenvalue weighted by atomic mass is 9.93. The van der Waals surface area contributed by atoms with Crippen LogP contribution in [-0.4, -0.2) is 37.5 Å². The van der Waals surface area contributed by atoms with Crippen molar-refractivity contribution >= 4 is 0 Å². The fourth-order valence-corrected chi connectivity index (χ4v) is 1.39. The van der Waals surface area contributed by atoms with Gasteiger partial charge in [0, 0.05) is 20.0 Å². The number of methoxy groups -OCH3 is 1. The van der Waals surface area contributed by atoms with Gasteiger partial charge in [-0.3, -0.25) is 0 Å². The average molecular weight is 159 g/mol. The van der Waals surface area contributed by atoms with Crippen molar-refractivity contribution in [2.45, 2.75) is 25.4 Å². The molecule has 1 heterocycles. The van der Waals surface area contributed by atoms with Crippen LogP contribution in [0.3, 0.4) is 0 Å². The Morgan fingerprint density at radius 1 is 1.36 bits per heavy atom. The molecular formula is C8H17NO2. The van der Waals surface area contributed by atoms with Crippen LogP contribution in [0.2, 0.25) is 0 Å². The van der Waals surface area contributed by atoms with Crippen molar-refractivity contribution in [3.63, 3.8) is 0 Å². The van der Waals surface area contributed by atoms with E-state index in [9.17, 15) is 5.21 Å². The van der Waals surface area contributed by atoms with Gasteiger partial charge in [-0.15, -0.1) is 0 Å². The van der Waals surface area contributed by atoms with Crippen LogP contribution in [0.4, 0.5) is 0 Å². The van der Waals surface area contributed by atoms with Gasteiger partial charge < -0.3 is 14.6 Å². The molecule has 0 N–H and O–H groups in total. The largest absolute Gasteiger partial charge is 0.633 e. The molecule has 0 atom stereocenters. The predicted octanol–water partition coefficient (Wildman–Crippen LogP) is 1.13. The van der Waals surface area contributed by atoms with E-state index in [2.05, 4.69) is 6.92 Å². The molecule has 1 aliphatic heterocycles. The summed E-state index contributed by atoms with van der Waals surface area (Å²) in [5, 5.41) is 11.4. The zero-order valence-corrected chi connectivity index (χ0v) is 7.59. The maximum Gasteiger partial charge on any atom is 0.0809 e. The van der Waals surface area contributed by atoms with Gasteiger partial charge in [0.05, 0.1) is 25.7 Å². The smallest absolute Gasteiger partial charge is 0.0809 e. The van der Waals surface area contributed by atoms with Crippen LogP contribution < -0.4 is 0 Å². The van der Waals surface area contributed by atoms with E-state index < -0.39 is 0 Å². The molecule has 0 bridgehead atoms. The van der Waals surface area contributed by atoms with E-state index in [-0.39, 0.29) is 10.2 Å². The van der Waals surface area contributed by atoms with Gasteiger partial charge in [-0.1, -0.05) is 0 Å². The average Bonchev–Trinajstić information content (AvgIpc) is 1.97. The summed E-state index contributed by atoms with van der Waals surface area (Å²) in [6.07, 6.45) is 1.76. The first-order valence-electron chi connectivity index (χ1n) is 4.08. The Labute approximate surface area is 68.1 Å². The molecule has 1 saturated heterocycles. The maximum absolute atomic E-state index is 11.4. The lowest BCUT2D eigenvalue weighted by Gasteiger charge is -2.47. The summed E-state index contributed by atoms with van der Waals surface area (Å²) in [6, 6.07) is 0. The third-order valence-corrected chi connectivity index (χ3v) is 2.72. The second kappa shape index (κ2) is 2.73. The molecule has 1 fully saturated rings. The van der Waals surface area contributed by atoms with E-state index in [4.69, 9.17) is 4.74 Å². The zero-order chi connectivity index (χ0) is 8.54. The van der Waals surface area contributed by atoms with E-state index in [1.54, 1.807) is 14.2 Å². The maximum atomic E-state index is 11.4. The number of quaternary nitrogens is 1. The minimum atomic E-state index is -0.0983. The number of likely N-dealkylation sites (tertiary alicyclic amines) is 1. The van der Waals surface area contributed by atoms with Gasteiger partial charge in [0.25, 0.3) is 0 Å². The standard InChI is InChI=1S/C8H17NO2/c1-8(11-3)4-6-9(2,10)7-5-8/h4-7H2,1-3H3. The predicted molar refractivity (Wildman–Crippen MR) is 43.9 cm³/mol. The highest BCUT2D eigenvalue weighted by molar-refractivity contribution is 4.77. The summed E-state index contributed by atoms with van der Waals surface area (Å²) in [6.45, 7) is 3.45. The molecule has 1 rings (SSSR count). The Hall–Kier alpha value is -0.120. The molecule has 0 unspecified atom stereocenters. The summed E-state index contributed by atoms with van der Waals surface area (Å²) in [7, 11) is 3.45. The SMILES string of the molecule is COC1(C)CC[N+](C)([O-])CC1. The summed E-state index contributed by atoms with van der Waals surface area (Å²) in [4.78, 5) is 0. The lowest BCUT2D eigenvalue weighted by Crippen LogP contribution is -2.50. The molecule has 3 heteroatoms. The number of ether oxygens (including phenoxy) is 1. The van der Waals surface area contributed by atoms with Crippen molar-refractivity contribution in [1.82, 2.24) is 0 Å². The monoisotopic (exact) mass is 159 g/mol. The fourth-order valence-electron chi connectivity index (χ4n) is 1.39. The van der Waals surface area contributed by atoms with Gasteiger partial charge in [-0.05, 0) is 6.92 Å². The number of hydrogen-bond donors (Lipinski definition) is 0. The third kappa shape index (κ3) is 2.15. The third-order valence-electron chi connectivity index (χ3n) is 2.72. The lowest BCUT2D eigenvalue weighted by molar-refractivity contribution is -0.868. The van der Waals surface area contributed by atoms with Crippen LogP contribution in [0.1, 0.15) is 19.8 Å². The Morgan fingerprint density at radius 2 is 1.82 bits per heavy atom. The molecule has 1 aliphatic rings. The van der Waals surface area contributed by atoms with Crippen LogP contribution in [-0.2, 0) is 4.74 Å². The summed E-state index contributed by atoms with van der Waals surface area (Å²) < 4.78 is 5.22. The first-order chi connectivity index (χ1) is 4.97. The molecule has 0 spiro atoms. The molecule has 0 aromatic rings. The molecule has 0 aromatic carbocycles. The first-order valence-corrected chi connectivity index (χ1v) is 4.08. The molecule has 11 heavy (non-hydrogen) atoms. The van der Waals surface area contributed by atoms with E-state index in [1.807, 2.05) is 0 Å². The van der Waals surface area contributed by atoms with Crippen molar-refractivity contribution in [3.8, 4) is 0 Å². The fraction of sp³-hybridized carbons (Fsp3) is 1.00. The number of hydroxylamine groups is 3. The summed E-state index contributed by atoms with van der Waals surface area (Å²) in [5.74, 6) is 0. The molecule has 3 nitrogen and oxygen atoms in total. The van der Waals surface area contributed by atoms with Crippen LogP contribution in [0, 0.1) is 5.21 Å². The second-order valence-electron chi connectivity index (χ2n) is 3.90. The highest BCUT2D eigenvalue weighted by atomic mass is 16.5. The number of nitrogens with zero attached hydrogens (tertiary/aromatic N) is 1. The van der Waals surface area contributed by atoms with Crippen molar-refractivity contribution in [3.05, 3.63) is 5.21 Å². The highest BCUT2D eigenvalue weighted by Crippen LogP contribution is 2.27. The molecule has 0 aromatic heterocycles. The Balaban J connectivity index is 2.48. The minimum absolute atomic E-state index is 0.0395. The second-order valence-corrected chi connectivity index (χ2v) is 3.90.